The molecule has 132 valence electrons. The Kier molecular flexibility index (Phi) is 4.99. The summed E-state index contributed by atoms with van der Waals surface area (Å²) in [5.41, 5.74) is 2.80. The Morgan fingerprint density at radius 3 is 1.88 bits per heavy atom. The van der Waals surface area contributed by atoms with Crippen LogP contribution in [0.2, 0.25) is 0 Å². The van der Waals surface area contributed by atoms with Crippen LogP contribution in [0, 0.1) is 0 Å². The molecule has 0 spiro atoms. The summed E-state index contributed by atoms with van der Waals surface area (Å²) >= 11 is 1.91. The van der Waals surface area contributed by atoms with Gasteiger partial charge >= 0.3 is 0 Å². The minimum Gasteiger partial charge on any atom is -0.334 e. The number of nitrogens with zero attached hydrogens (tertiary/aromatic N) is 2. The van der Waals surface area contributed by atoms with Crippen LogP contribution in [0.3, 0.4) is 0 Å². The van der Waals surface area contributed by atoms with Crippen LogP contribution >= 0.6 is 24.2 Å². The molecule has 1 saturated carbocycles. The van der Waals surface area contributed by atoms with E-state index in [1.54, 1.807) is 0 Å². The number of hydrogen-bond donors (Lipinski definition) is 0. The standard InChI is InChI=1S/C21H24N2S.ClH/c1-2-8-16(9-3-1)22-14-17(15-22)23-18-10-4-6-12-20(18)24-21-13-7-5-11-19(21)23;/h4-7,10-13,16-17H,1-3,8-9,14-15H2;1H. The van der Waals surface area contributed by atoms with Crippen molar-refractivity contribution in [3.63, 3.8) is 0 Å². The van der Waals surface area contributed by atoms with Crippen LogP contribution in [-0.4, -0.2) is 30.1 Å². The Bertz CT molecular complexity index is 693. The quantitative estimate of drug-likeness (QED) is 0.664. The van der Waals surface area contributed by atoms with Crippen LogP contribution in [0.15, 0.2) is 58.3 Å². The molecule has 4 heteroatoms. The highest BCUT2D eigenvalue weighted by Crippen LogP contribution is 2.49. The van der Waals surface area contributed by atoms with E-state index in [0.29, 0.717) is 6.04 Å². The second-order valence-corrected chi connectivity index (χ2v) is 8.39. The van der Waals surface area contributed by atoms with E-state index in [2.05, 4.69) is 58.3 Å². The van der Waals surface area contributed by atoms with Crippen molar-refractivity contribution in [3.05, 3.63) is 48.5 Å². The topological polar surface area (TPSA) is 6.48 Å². The van der Waals surface area contributed by atoms with Crippen LogP contribution in [0.25, 0.3) is 0 Å². The van der Waals surface area contributed by atoms with Crippen LogP contribution < -0.4 is 4.90 Å². The maximum absolute atomic E-state index is 2.73. The molecule has 0 atom stereocenters. The second kappa shape index (κ2) is 7.22. The number of halogens is 1. The van der Waals surface area contributed by atoms with E-state index < -0.39 is 0 Å². The first-order chi connectivity index (χ1) is 11.9. The zero-order valence-electron chi connectivity index (χ0n) is 14.4. The Hall–Kier alpha value is -1.16. The normalized spacial score (nSPS) is 21.0. The molecule has 2 nitrogen and oxygen atoms in total. The molecule has 0 unspecified atom stereocenters. The zero-order valence-corrected chi connectivity index (χ0v) is 16.1. The maximum atomic E-state index is 2.73. The van der Waals surface area contributed by atoms with Gasteiger partial charge in [0, 0.05) is 28.9 Å². The first kappa shape index (κ1) is 17.3. The molecule has 5 rings (SSSR count). The molecule has 25 heavy (non-hydrogen) atoms. The molecule has 0 bridgehead atoms. The van der Waals surface area contributed by atoms with Gasteiger partial charge in [0.15, 0.2) is 0 Å². The Morgan fingerprint density at radius 1 is 0.720 bits per heavy atom. The van der Waals surface area contributed by atoms with E-state index >= 15 is 0 Å². The zero-order chi connectivity index (χ0) is 15.9. The Morgan fingerprint density at radius 2 is 1.28 bits per heavy atom. The molecule has 2 aliphatic heterocycles. The predicted molar refractivity (Wildman–Crippen MR) is 109 cm³/mol. The van der Waals surface area contributed by atoms with E-state index in [1.165, 1.54) is 66.4 Å². The second-order valence-electron chi connectivity index (χ2n) is 7.31. The average Bonchev–Trinajstić information content (AvgIpc) is 2.61. The van der Waals surface area contributed by atoms with Gasteiger partial charge in [-0.05, 0) is 37.1 Å². The van der Waals surface area contributed by atoms with E-state index in [0.717, 1.165) is 6.04 Å². The summed E-state index contributed by atoms with van der Waals surface area (Å²) in [6, 6.07) is 19.3. The molecule has 0 radical (unpaired) electrons. The van der Waals surface area contributed by atoms with Gasteiger partial charge in [-0.3, -0.25) is 4.90 Å². The van der Waals surface area contributed by atoms with Gasteiger partial charge in [0.05, 0.1) is 17.4 Å². The summed E-state index contributed by atoms with van der Waals surface area (Å²) in [5, 5.41) is 0. The lowest BCUT2D eigenvalue weighted by Crippen LogP contribution is -2.61. The first-order valence-electron chi connectivity index (χ1n) is 9.29. The fourth-order valence-corrected chi connectivity index (χ4v) is 5.59. The molecule has 0 aromatic heterocycles. The molecular weight excluding hydrogens is 348 g/mol. The number of benzene rings is 2. The number of hydrogen-bond acceptors (Lipinski definition) is 3. The van der Waals surface area contributed by atoms with Crippen molar-refractivity contribution in [1.29, 1.82) is 0 Å². The monoisotopic (exact) mass is 372 g/mol. The Balaban J connectivity index is 0.00000157. The summed E-state index contributed by atoms with van der Waals surface area (Å²) < 4.78 is 0. The highest BCUT2D eigenvalue weighted by Gasteiger charge is 2.39. The molecule has 2 fully saturated rings. The molecule has 0 amide bonds. The van der Waals surface area contributed by atoms with Crippen molar-refractivity contribution in [2.75, 3.05) is 18.0 Å². The van der Waals surface area contributed by atoms with Crippen LogP contribution in [0.5, 0.6) is 0 Å². The summed E-state index contributed by atoms with van der Waals surface area (Å²) in [6.45, 7) is 2.44. The number of likely N-dealkylation sites (tertiary alicyclic amines) is 1. The van der Waals surface area contributed by atoms with Gasteiger partial charge in [-0.2, -0.15) is 0 Å². The van der Waals surface area contributed by atoms with Gasteiger partial charge in [-0.1, -0.05) is 55.3 Å². The van der Waals surface area contributed by atoms with Crippen molar-refractivity contribution in [2.45, 2.75) is 54.0 Å². The molecule has 2 aromatic carbocycles. The molecule has 2 aromatic rings. The molecule has 2 heterocycles. The largest absolute Gasteiger partial charge is 0.334 e. The van der Waals surface area contributed by atoms with Gasteiger partial charge in [-0.25, -0.2) is 0 Å². The Labute approximate surface area is 161 Å². The third kappa shape index (κ3) is 3.07. The fourth-order valence-electron chi connectivity index (χ4n) is 4.52. The fraction of sp³-hybridized carbons (Fsp3) is 0.429. The maximum Gasteiger partial charge on any atom is 0.0597 e. The highest BCUT2D eigenvalue weighted by atomic mass is 35.5. The van der Waals surface area contributed by atoms with Crippen LogP contribution in [0.1, 0.15) is 32.1 Å². The molecule has 3 aliphatic rings. The van der Waals surface area contributed by atoms with Crippen molar-refractivity contribution in [2.24, 2.45) is 0 Å². The number of fused-ring (bicyclic) bond motifs is 2. The van der Waals surface area contributed by atoms with Crippen LogP contribution in [-0.2, 0) is 0 Å². The van der Waals surface area contributed by atoms with E-state index in [4.69, 9.17) is 0 Å². The van der Waals surface area contributed by atoms with E-state index in [1.807, 2.05) is 11.8 Å². The third-order valence-corrected chi connectivity index (χ3v) is 6.95. The number of anilines is 2. The van der Waals surface area contributed by atoms with Gasteiger partial charge in [0.1, 0.15) is 0 Å². The smallest absolute Gasteiger partial charge is 0.0597 e. The molecular formula is C21H25ClN2S. The third-order valence-electron chi connectivity index (χ3n) is 5.82. The highest BCUT2D eigenvalue weighted by molar-refractivity contribution is 7.99. The average molecular weight is 373 g/mol. The predicted octanol–water partition coefficient (Wildman–Crippen LogP) is 5.73. The number of rotatable bonds is 2. The van der Waals surface area contributed by atoms with E-state index in [-0.39, 0.29) is 12.4 Å². The lowest BCUT2D eigenvalue weighted by molar-refractivity contribution is 0.0712. The van der Waals surface area contributed by atoms with Crippen molar-refractivity contribution >= 4 is 35.5 Å². The molecule has 1 saturated heterocycles. The van der Waals surface area contributed by atoms with Gasteiger partial charge in [0.25, 0.3) is 0 Å². The van der Waals surface area contributed by atoms with Gasteiger partial charge in [0.2, 0.25) is 0 Å². The minimum absolute atomic E-state index is 0. The first-order valence-corrected chi connectivity index (χ1v) is 10.1. The minimum atomic E-state index is 0. The summed E-state index contributed by atoms with van der Waals surface area (Å²) in [6.07, 6.45) is 7.12. The summed E-state index contributed by atoms with van der Waals surface area (Å²) in [7, 11) is 0. The summed E-state index contributed by atoms with van der Waals surface area (Å²) in [5.74, 6) is 0. The molecule has 1 aliphatic carbocycles. The van der Waals surface area contributed by atoms with Crippen molar-refractivity contribution in [3.8, 4) is 0 Å². The van der Waals surface area contributed by atoms with Gasteiger partial charge in [-0.15, -0.1) is 12.4 Å². The van der Waals surface area contributed by atoms with Crippen LogP contribution in [0.4, 0.5) is 11.4 Å². The number of para-hydroxylation sites is 2. The van der Waals surface area contributed by atoms with E-state index in [9.17, 15) is 0 Å². The lowest BCUT2D eigenvalue weighted by Gasteiger charge is -2.51. The lowest BCUT2D eigenvalue weighted by atomic mass is 9.90. The SMILES string of the molecule is Cl.c1ccc2c(c1)Sc1ccccc1N2C1CN(C2CCCCC2)C1. The van der Waals surface area contributed by atoms with Crippen molar-refractivity contribution < 1.29 is 0 Å². The van der Waals surface area contributed by atoms with Gasteiger partial charge < -0.3 is 4.90 Å². The summed E-state index contributed by atoms with van der Waals surface area (Å²) in [4.78, 5) is 8.14. The molecule has 0 N–H and O–H groups in total. The van der Waals surface area contributed by atoms with Crippen molar-refractivity contribution in [1.82, 2.24) is 4.90 Å².